The summed E-state index contributed by atoms with van der Waals surface area (Å²) in [4.78, 5) is 38.2. The lowest BCUT2D eigenvalue weighted by atomic mass is 10.0. The van der Waals surface area contributed by atoms with E-state index in [1.165, 1.54) is 128 Å². The van der Waals surface area contributed by atoms with Gasteiger partial charge in [0.15, 0.2) is 6.10 Å². The molecule has 6 nitrogen and oxygen atoms in total. The molecule has 0 N–H and O–H groups in total. The van der Waals surface area contributed by atoms with Crippen LogP contribution in [0, 0.1) is 0 Å². The molecule has 1 atom stereocenters. The summed E-state index contributed by atoms with van der Waals surface area (Å²) >= 11 is 0. The summed E-state index contributed by atoms with van der Waals surface area (Å²) in [5.74, 6) is -1.07. The van der Waals surface area contributed by atoms with E-state index < -0.39 is 6.10 Å². The van der Waals surface area contributed by atoms with Gasteiger partial charge in [-0.15, -0.1) is 0 Å². The van der Waals surface area contributed by atoms with Gasteiger partial charge in [0.1, 0.15) is 13.2 Å². The Hall–Kier alpha value is -4.19. The molecule has 0 aliphatic carbocycles. The molecule has 0 saturated carbocycles. The second-order valence-electron chi connectivity index (χ2n) is 19.5. The molecule has 6 heteroatoms. The number of hydrogen-bond donors (Lipinski definition) is 0. The van der Waals surface area contributed by atoms with Crippen LogP contribution in [-0.4, -0.2) is 37.2 Å². The molecule has 0 aromatic rings. The zero-order valence-corrected chi connectivity index (χ0v) is 47.4. The van der Waals surface area contributed by atoms with Crippen LogP contribution in [0.3, 0.4) is 0 Å². The molecule has 0 aromatic heterocycles. The van der Waals surface area contributed by atoms with E-state index in [2.05, 4.69) is 130 Å². The lowest BCUT2D eigenvalue weighted by Gasteiger charge is -2.18. The molecular weight excluding hydrogens is 901 g/mol. The van der Waals surface area contributed by atoms with Crippen molar-refractivity contribution in [1.29, 1.82) is 0 Å². The van der Waals surface area contributed by atoms with Gasteiger partial charge in [0.25, 0.3) is 0 Å². The van der Waals surface area contributed by atoms with Crippen molar-refractivity contribution in [3.63, 3.8) is 0 Å². The second-order valence-corrected chi connectivity index (χ2v) is 19.5. The highest BCUT2D eigenvalue weighted by atomic mass is 16.6. The topological polar surface area (TPSA) is 78.9 Å². The third-order valence-electron chi connectivity index (χ3n) is 12.5. The average molecular weight is 1010 g/mol. The molecule has 0 radical (unpaired) electrons. The molecule has 0 spiro atoms. The fourth-order valence-corrected chi connectivity index (χ4v) is 7.99. The normalized spacial score (nSPS) is 13.0. The van der Waals surface area contributed by atoms with E-state index in [1.807, 2.05) is 12.2 Å². The number of ether oxygens (including phenoxy) is 3. The van der Waals surface area contributed by atoms with Crippen LogP contribution in [0.1, 0.15) is 265 Å². The maximum absolute atomic E-state index is 12.9. The Kier molecular flexibility index (Phi) is 56.9. The minimum Gasteiger partial charge on any atom is -0.462 e. The minimum absolute atomic E-state index is 0.124. The third kappa shape index (κ3) is 58.6. The van der Waals surface area contributed by atoms with Crippen LogP contribution in [0.5, 0.6) is 0 Å². The molecule has 0 aliphatic heterocycles. The fourth-order valence-electron chi connectivity index (χ4n) is 7.99. The highest BCUT2D eigenvalue weighted by Gasteiger charge is 2.19. The maximum Gasteiger partial charge on any atom is 0.306 e. The van der Waals surface area contributed by atoms with E-state index in [-0.39, 0.29) is 44.0 Å². The minimum atomic E-state index is -0.840. The number of carbonyl (C=O) groups is 3. The van der Waals surface area contributed by atoms with Gasteiger partial charge in [0.05, 0.1) is 0 Å². The number of rotatable bonds is 53. The molecule has 73 heavy (non-hydrogen) atoms. The highest BCUT2D eigenvalue weighted by Crippen LogP contribution is 2.16. The Bertz CT molecular complexity index is 1540. The number of allylic oxidation sites excluding steroid dienone is 20. The fraction of sp³-hybridized carbons (Fsp3) is 0.657. The number of hydrogen-bond acceptors (Lipinski definition) is 6. The summed E-state index contributed by atoms with van der Waals surface area (Å²) in [6.07, 6.45) is 83.5. The van der Waals surface area contributed by atoms with Crippen molar-refractivity contribution in [3.05, 3.63) is 122 Å². The van der Waals surface area contributed by atoms with Crippen molar-refractivity contribution in [1.82, 2.24) is 0 Å². The molecule has 0 saturated heterocycles. The van der Waals surface area contributed by atoms with Crippen LogP contribution < -0.4 is 0 Å². The van der Waals surface area contributed by atoms with Gasteiger partial charge in [0.2, 0.25) is 0 Å². The van der Waals surface area contributed by atoms with Crippen LogP contribution in [0.25, 0.3) is 0 Å². The zero-order chi connectivity index (χ0) is 52.9. The number of unbranched alkanes of at least 4 members (excludes halogenated alkanes) is 22. The Morgan fingerprint density at radius 2 is 0.575 bits per heavy atom. The number of carbonyl (C=O) groups excluding carboxylic acids is 3. The van der Waals surface area contributed by atoms with Gasteiger partial charge in [0, 0.05) is 19.3 Å². The Labute approximate surface area is 450 Å². The van der Waals surface area contributed by atoms with E-state index in [1.54, 1.807) is 0 Å². The summed E-state index contributed by atoms with van der Waals surface area (Å²) in [6, 6.07) is 0. The van der Waals surface area contributed by atoms with Crippen LogP contribution in [0.2, 0.25) is 0 Å². The largest absolute Gasteiger partial charge is 0.462 e. The van der Waals surface area contributed by atoms with E-state index in [0.29, 0.717) is 19.3 Å². The summed E-state index contributed by atoms with van der Waals surface area (Å²) < 4.78 is 16.8. The van der Waals surface area contributed by atoms with E-state index in [9.17, 15) is 14.4 Å². The van der Waals surface area contributed by atoms with E-state index in [0.717, 1.165) is 83.5 Å². The lowest BCUT2D eigenvalue weighted by Crippen LogP contribution is -2.30. The molecule has 0 bridgehead atoms. The molecule has 0 aromatic carbocycles. The molecule has 0 unspecified atom stereocenters. The Morgan fingerprint density at radius 3 is 0.959 bits per heavy atom. The van der Waals surface area contributed by atoms with Crippen molar-refractivity contribution in [2.75, 3.05) is 13.2 Å². The predicted octanol–water partition coefficient (Wildman–Crippen LogP) is 20.4. The average Bonchev–Trinajstić information content (AvgIpc) is 3.39. The monoisotopic (exact) mass is 1010 g/mol. The first-order valence-electron chi connectivity index (χ1n) is 30.0. The predicted molar refractivity (Wildman–Crippen MR) is 316 cm³/mol. The standard InChI is InChI=1S/C67H110O6/c1-4-7-10-13-16-19-22-25-28-31-33-36-38-41-44-47-50-53-56-59-65(68)71-62-64(73-67(70)61-58-55-52-49-46-43-40-35-30-27-24-21-18-15-12-9-6-3)63-72-66(69)60-57-54-51-48-45-42-39-37-34-32-29-26-23-20-17-14-11-8-5-2/h7,10,16,18-19,21,25,27-28,30,33,36,40-41,43-44,49-50,52-53,64H,4-6,8-9,11-15,17,20,22-24,26,29,31-32,34-35,37-39,42,45-48,51,54-63H2,1-3H3/b10-7-,19-16-,21-18-,28-25-,30-27-,36-33-,43-40-,44-41-,52-49-,53-50-/t64-/m1/s1. The molecular formula is C67H110O6. The third-order valence-corrected chi connectivity index (χ3v) is 12.5. The highest BCUT2D eigenvalue weighted by molar-refractivity contribution is 5.71. The second kappa shape index (κ2) is 60.4. The van der Waals surface area contributed by atoms with Crippen LogP contribution >= 0.6 is 0 Å². The van der Waals surface area contributed by atoms with Crippen LogP contribution in [-0.2, 0) is 28.6 Å². The maximum atomic E-state index is 12.9. The summed E-state index contributed by atoms with van der Waals surface area (Å²) in [5, 5.41) is 0. The smallest absolute Gasteiger partial charge is 0.306 e. The van der Waals surface area contributed by atoms with Gasteiger partial charge < -0.3 is 14.2 Å². The molecule has 0 amide bonds. The molecule has 0 fully saturated rings. The first-order chi connectivity index (χ1) is 36.0. The van der Waals surface area contributed by atoms with Crippen molar-refractivity contribution in [3.8, 4) is 0 Å². The molecule has 0 rings (SSSR count). The van der Waals surface area contributed by atoms with Crippen LogP contribution in [0.4, 0.5) is 0 Å². The van der Waals surface area contributed by atoms with Gasteiger partial charge in [-0.1, -0.05) is 271 Å². The first-order valence-corrected chi connectivity index (χ1v) is 30.0. The van der Waals surface area contributed by atoms with Crippen molar-refractivity contribution >= 4 is 17.9 Å². The quantitative estimate of drug-likeness (QED) is 0.0261. The zero-order valence-electron chi connectivity index (χ0n) is 47.4. The van der Waals surface area contributed by atoms with Crippen molar-refractivity contribution in [2.24, 2.45) is 0 Å². The molecule has 0 aliphatic rings. The Morgan fingerprint density at radius 1 is 0.288 bits per heavy atom. The Balaban J connectivity index is 4.56. The number of esters is 3. The van der Waals surface area contributed by atoms with Crippen molar-refractivity contribution < 1.29 is 28.6 Å². The molecule has 0 heterocycles. The lowest BCUT2D eigenvalue weighted by molar-refractivity contribution is -0.166. The first kappa shape index (κ1) is 68.8. The van der Waals surface area contributed by atoms with Gasteiger partial charge in [-0.3, -0.25) is 14.4 Å². The van der Waals surface area contributed by atoms with Gasteiger partial charge >= 0.3 is 17.9 Å². The van der Waals surface area contributed by atoms with Crippen molar-refractivity contribution in [2.45, 2.75) is 271 Å². The van der Waals surface area contributed by atoms with Crippen LogP contribution in [0.15, 0.2) is 122 Å². The summed E-state index contributed by atoms with van der Waals surface area (Å²) in [5.41, 5.74) is 0. The summed E-state index contributed by atoms with van der Waals surface area (Å²) in [6.45, 7) is 6.40. The van der Waals surface area contributed by atoms with E-state index >= 15 is 0 Å². The SMILES string of the molecule is CC/C=C\C/C=C\C/C=C\C/C=C\C/C=C\C/C=C\CCC(=O)OC[C@H](COC(=O)CCCCCCCCCCCCCCCCCCCCC)OC(=O)CCC/C=C\C/C=C\C/C=C\C/C=C\CCCCC. The van der Waals surface area contributed by atoms with Gasteiger partial charge in [-0.2, -0.15) is 0 Å². The molecule has 414 valence electrons. The van der Waals surface area contributed by atoms with E-state index in [4.69, 9.17) is 14.2 Å². The van der Waals surface area contributed by atoms with Gasteiger partial charge in [-0.05, 0) is 96.3 Å². The van der Waals surface area contributed by atoms with Gasteiger partial charge in [-0.25, -0.2) is 0 Å². The summed E-state index contributed by atoms with van der Waals surface area (Å²) in [7, 11) is 0.